The fourth-order valence-corrected chi connectivity index (χ4v) is 3.55. The van der Waals surface area contributed by atoms with Crippen molar-refractivity contribution in [2.45, 2.75) is 32.5 Å². The van der Waals surface area contributed by atoms with Crippen molar-refractivity contribution in [1.82, 2.24) is 0 Å². The Hall–Kier alpha value is -1.84. The van der Waals surface area contributed by atoms with Gasteiger partial charge in [0, 0.05) is 11.7 Å². The summed E-state index contributed by atoms with van der Waals surface area (Å²) in [5, 5.41) is 21.4. The molecule has 0 aromatic heterocycles. The van der Waals surface area contributed by atoms with E-state index in [-0.39, 0.29) is 11.7 Å². The van der Waals surface area contributed by atoms with Crippen LogP contribution >= 0.6 is 0 Å². The van der Waals surface area contributed by atoms with Crippen molar-refractivity contribution < 1.29 is 10.0 Å². The lowest BCUT2D eigenvalue weighted by molar-refractivity contribution is 0.412. The van der Waals surface area contributed by atoms with Crippen LogP contribution in [0.25, 0.3) is 16.3 Å². The van der Waals surface area contributed by atoms with Gasteiger partial charge in [-0.1, -0.05) is 50.3 Å². The van der Waals surface area contributed by atoms with Gasteiger partial charge in [0.05, 0.1) is 0 Å². The second kappa shape index (κ2) is 5.42. The van der Waals surface area contributed by atoms with E-state index >= 15 is 0 Å². The first-order chi connectivity index (χ1) is 10.4. The SMILES string of the molecule is C/C=C\C1=C(CB(O)O)c2cc3ccccc3cc2C1(C)C. The molecule has 2 nitrogen and oxygen atoms in total. The smallest absolute Gasteiger partial charge is 0.427 e. The standard InChI is InChI=1S/C19H21BO2/c1-4-7-17-16(12-20(21)22)15-10-13-8-5-6-9-14(13)11-18(15)19(17,2)3/h4-11,21-22H,12H2,1-3H3/b7-4-. The van der Waals surface area contributed by atoms with Crippen molar-refractivity contribution in [2.75, 3.05) is 0 Å². The zero-order valence-electron chi connectivity index (χ0n) is 13.3. The van der Waals surface area contributed by atoms with Gasteiger partial charge in [-0.2, -0.15) is 0 Å². The molecule has 0 saturated carbocycles. The molecule has 112 valence electrons. The van der Waals surface area contributed by atoms with E-state index in [0.29, 0.717) is 0 Å². The number of rotatable bonds is 3. The Bertz CT molecular complexity index is 785. The Balaban J connectivity index is 2.30. The summed E-state index contributed by atoms with van der Waals surface area (Å²) >= 11 is 0. The number of fused-ring (bicyclic) bond motifs is 2. The molecule has 0 fully saturated rings. The van der Waals surface area contributed by atoms with E-state index in [1.807, 2.05) is 19.1 Å². The maximum atomic E-state index is 9.51. The highest BCUT2D eigenvalue weighted by atomic mass is 16.4. The minimum atomic E-state index is -1.33. The molecular formula is C19H21BO2. The Morgan fingerprint density at radius 2 is 1.73 bits per heavy atom. The minimum Gasteiger partial charge on any atom is -0.427 e. The fraction of sp³-hybridized carbons (Fsp3) is 0.263. The summed E-state index contributed by atoms with van der Waals surface area (Å²) in [6.07, 6.45) is 4.38. The van der Waals surface area contributed by atoms with Gasteiger partial charge in [-0.3, -0.25) is 0 Å². The molecular weight excluding hydrogens is 271 g/mol. The van der Waals surface area contributed by atoms with E-state index in [2.05, 4.69) is 50.3 Å². The molecule has 1 aliphatic rings. The van der Waals surface area contributed by atoms with E-state index in [0.717, 1.165) is 11.1 Å². The molecule has 2 aromatic carbocycles. The molecule has 0 spiro atoms. The zero-order chi connectivity index (χ0) is 15.9. The Kier molecular flexibility index (Phi) is 3.71. The maximum absolute atomic E-state index is 9.51. The Morgan fingerprint density at radius 3 is 2.32 bits per heavy atom. The van der Waals surface area contributed by atoms with E-state index in [1.54, 1.807) is 0 Å². The highest BCUT2D eigenvalue weighted by Crippen LogP contribution is 2.49. The van der Waals surface area contributed by atoms with Crippen molar-refractivity contribution in [3.8, 4) is 0 Å². The molecule has 2 aromatic rings. The molecule has 0 saturated heterocycles. The summed E-state index contributed by atoms with van der Waals surface area (Å²) in [5.41, 5.74) is 4.49. The molecule has 3 rings (SSSR count). The Labute approximate surface area is 131 Å². The summed E-state index contributed by atoms with van der Waals surface area (Å²) in [7, 11) is -1.33. The van der Waals surface area contributed by atoms with Crippen LogP contribution in [0, 0.1) is 0 Å². The van der Waals surface area contributed by atoms with Gasteiger partial charge < -0.3 is 10.0 Å². The van der Waals surface area contributed by atoms with Crippen molar-refractivity contribution in [3.05, 3.63) is 65.3 Å². The van der Waals surface area contributed by atoms with Gasteiger partial charge in [0.1, 0.15) is 0 Å². The third-order valence-corrected chi connectivity index (χ3v) is 4.60. The van der Waals surface area contributed by atoms with Crippen molar-refractivity contribution in [1.29, 1.82) is 0 Å². The first-order valence-corrected chi connectivity index (χ1v) is 7.71. The van der Waals surface area contributed by atoms with Crippen molar-refractivity contribution in [2.24, 2.45) is 0 Å². The summed E-state index contributed by atoms with van der Waals surface area (Å²) in [4.78, 5) is 0. The van der Waals surface area contributed by atoms with Gasteiger partial charge in [0.25, 0.3) is 0 Å². The lowest BCUT2D eigenvalue weighted by atomic mass is 9.77. The summed E-state index contributed by atoms with van der Waals surface area (Å²) in [6.45, 7) is 6.40. The summed E-state index contributed by atoms with van der Waals surface area (Å²) < 4.78 is 0. The molecule has 0 unspecified atom stereocenters. The van der Waals surface area contributed by atoms with Crippen LogP contribution in [0.3, 0.4) is 0 Å². The van der Waals surface area contributed by atoms with Crippen LogP contribution in [0.5, 0.6) is 0 Å². The van der Waals surface area contributed by atoms with Crippen LogP contribution < -0.4 is 0 Å². The second-order valence-electron chi connectivity index (χ2n) is 6.45. The first-order valence-electron chi connectivity index (χ1n) is 7.71. The third-order valence-electron chi connectivity index (χ3n) is 4.60. The van der Waals surface area contributed by atoms with Crippen LogP contribution in [-0.2, 0) is 5.41 Å². The normalized spacial score (nSPS) is 16.6. The topological polar surface area (TPSA) is 40.5 Å². The largest absolute Gasteiger partial charge is 0.456 e. The first kappa shape index (κ1) is 15.1. The van der Waals surface area contributed by atoms with E-state index in [9.17, 15) is 10.0 Å². The number of hydrogen-bond donors (Lipinski definition) is 2. The zero-order valence-corrected chi connectivity index (χ0v) is 13.3. The lowest BCUT2D eigenvalue weighted by Gasteiger charge is -2.23. The average Bonchev–Trinajstić information content (AvgIpc) is 2.66. The van der Waals surface area contributed by atoms with Crippen molar-refractivity contribution in [3.63, 3.8) is 0 Å². The van der Waals surface area contributed by atoms with Crippen LogP contribution in [0.4, 0.5) is 0 Å². The van der Waals surface area contributed by atoms with Crippen LogP contribution in [0.2, 0.25) is 6.32 Å². The fourth-order valence-electron chi connectivity index (χ4n) is 3.55. The van der Waals surface area contributed by atoms with Crippen LogP contribution in [-0.4, -0.2) is 17.2 Å². The van der Waals surface area contributed by atoms with E-state index in [4.69, 9.17) is 0 Å². The average molecular weight is 292 g/mol. The van der Waals surface area contributed by atoms with Gasteiger partial charge >= 0.3 is 7.12 Å². The number of hydrogen-bond acceptors (Lipinski definition) is 2. The monoisotopic (exact) mass is 292 g/mol. The van der Waals surface area contributed by atoms with E-state index in [1.165, 1.54) is 21.9 Å². The predicted molar refractivity (Wildman–Crippen MR) is 93.7 cm³/mol. The summed E-state index contributed by atoms with van der Waals surface area (Å²) in [6, 6.07) is 12.7. The van der Waals surface area contributed by atoms with Gasteiger partial charge in [-0.25, -0.2) is 0 Å². The van der Waals surface area contributed by atoms with Crippen LogP contribution in [0.1, 0.15) is 31.9 Å². The molecule has 2 N–H and O–H groups in total. The molecule has 0 atom stereocenters. The van der Waals surface area contributed by atoms with Crippen molar-refractivity contribution >= 4 is 23.5 Å². The number of benzene rings is 2. The molecule has 0 radical (unpaired) electrons. The molecule has 1 aliphatic carbocycles. The lowest BCUT2D eigenvalue weighted by Crippen LogP contribution is -2.16. The van der Waals surface area contributed by atoms with Gasteiger partial charge in [0.15, 0.2) is 0 Å². The molecule has 0 bridgehead atoms. The Morgan fingerprint density at radius 1 is 1.09 bits per heavy atom. The van der Waals surface area contributed by atoms with E-state index < -0.39 is 7.12 Å². The molecule has 0 aliphatic heterocycles. The quantitative estimate of drug-likeness (QED) is 0.841. The number of allylic oxidation sites excluding steroid dienone is 4. The minimum absolute atomic E-state index is 0.129. The molecule has 22 heavy (non-hydrogen) atoms. The third kappa shape index (κ3) is 2.31. The van der Waals surface area contributed by atoms with Crippen LogP contribution in [0.15, 0.2) is 54.1 Å². The highest BCUT2D eigenvalue weighted by Gasteiger charge is 2.37. The molecule has 0 heterocycles. The predicted octanol–water partition coefficient (Wildman–Crippen LogP) is 3.93. The molecule has 0 amide bonds. The van der Waals surface area contributed by atoms with Gasteiger partial charge in [-0.15, -0.1) is 0 Å². The van der Waals surface area contributed by atoms with Gasteiger partial charge in [-0.05, 0) is 52.1 Å². The summed E-state index contributed by atoms with van der Waals surface area (Å²) in [5.74, 6) is 0. The maximum Gasteiger partial charge on any atom is 0.456 e. The highest BCUT2D eigenvalue weighted by molar-refractivity contribution is 6.44. The second-order valence-corrected chi connectivity index (χ2v) is 6.45. The molecule has 3 heteroatoms. The van der Waals surface area contributed by atoms with Gasteiger partial charge in [0.2, 0.25) is 0 Å².